The maximum absolute atomic E-state index is 14.4. The number of ether oxygens (including phenoxy) is 1. The van der Waals surface area contributed by atoms with Gasteiger partial charge in [-0.05, 0) is 31.0 Å². The largest absolute Gasteiger partial charge is 0.381 e. The summed E-state index contributed by atoms with van der Waals surface area (Å²) in [5.74, 6) is -0.208. The van der Waals surface area contributed by atoms with Crippen LogP contribution in [0.3, 0.4) is 0 Å². The summed E-state index contributed by atoms with van der Waals surface area (Å²) in [6.45, 7) is 4.30. The number of pyridine rings is 1. The Kier molecular flexibility index (Phi) is 4.54. The molecule has 3 aromatic rings. The van der Waals surface area contributed by atoms with Crippen LogP contribution in [-0.2, 0) is 22.5 Å². The van der Waals surface area contributed by atoms with E-state index in [4.69, 9.17) is 9.84 Å². The molecule has 5 rings (SSSR count). The first-order chi connectivity index (χ1) is 14.1. The number of aromatic nitrogens is 3. The van der Waals surface area contributed by atoms with Gasteiger partial charge in [0.1, 0.15) is 5.82 Å². The fraction of sp³-hybridized carbons (Fsp3) is 0.409. The number of benzene rings is 1. The van der Waals surface area contributed by atoms with Crippen molar-refractivity contribution < 1.29 is 13.9 Å². The molecule has 0 aliphatic carbocycles. The number of hydrogen-bond donors (Lipinski definition) is 0. The van der Waals surface area contributed by atoms with Crippen molar-refractivity contribution in [2.24, 2.45) is 0 Å². The second-order valence-corrected chi connectivity index (χ2v) is 7.77. The number of carbonyl (C=O) groups excluding carboxylic acids is 1. The van der Waals surface area contributed by atoms with Crippen LogP contribution in [0.25, 0.3) is 22.0 Å². The highest BCUT2D eigenvalue weighted by molar-refractivity contribution is 5.96. The van der Waals surface area contributed by atoms with E-state index in [2.05, 4.69) is 9.67 Å². The molecule has 1 amide bonds. The van der Waals surface area contributed by atoms with Crippen LogP contribution in [0.1, 0.15) is 37.1 Å². The molecule has 6 nitrogen and oxygen atoms in total. The first-order valence-corrected chi connectivity index (χ1v) is 10.1. The predicted molar refractivity (Wildman–Crippen MR) is 107 cm³/mol. The zero-order valence-electron chi connectivity index (χ0n) is 16.4. The topological polar surface area (TPSA) is 60.2 Å². The Bertz CT molecular complexity index is 1090. The number of amides is 1. The Morgan fingerprint density at radius 1 is 1.21 bits per heavy atom. The summed E-state index contributed by atoms with van der Waals surface area (Å²) in [4.78, 5) is 18.1. The number of fused-ring (bicyclic) bond motifs is 2. The zero-order chi connectivity index (χ0) is 20.0. The Morgan fingerprint density at radius 3 is 2.83 bits per heavy atom. The van der Waals surface area contributed by atoms with Crippen LogP contribution in [0.4, 0.5) is 4.39 Å². The molecule has 0 bridgehead atoms. The summed E-state index contributed by atoms with van der Waals surface area (Å²) < 4.78 is 22.0. The highest BCUT2D eigenvalue weighted by Gasteiger charge is 2.30. The van der Waals surface area contributed by atoms with E-state index in [0.29, 0.717) is 24.5 Å². The number of rotatable bonds is 2. The summed E-state index contributed by atoms with van der Waals surface area (Å²) in [5.41, 5.74) is 3.94. The minimum absolute atomic E-state index is 0.0612. The van der Waals surface area contributed by atoms with Gasteiger partial charge in [-0.25, -0.2) is 4.39 Å². The molecule has 2 aliphatic rings. The number of halogens is 1. The van der Waals surface area contributed by atoms with Gasteiger partial charge in [-0.1, -0.05) is 0 Å². The van der Waals surface area contributed by atoms with E-state index in [1.54, 1.807) is 31.5 Å². The molecule has 0 radical (unpaired) electrons. The normalized spacial score (nSPS) is 17.5. The van der Waals surface area contributed by atoms with Crippen molar-refractivity contribution in [1.82, 2.24) is 19.7 Å². The molecule has 2 aromatic heterocycles. The molecule has 0 atom stereocenters. The van der Waals surface area contributed by atoms with Gasteiger partial charge in [-0.2, -0.15) is 5.10 Å². The lowest BCUT2D eigenvalue weighted by Crippen LogP contribution is -2.35. The molecule has 0 spiro atoms. The standard InChI is InChI=1S/C22H23FN4O2/c1-14(28)26-9-5-21-19(13-26)22(25-27(21)15-6-10-29-11-7-15)17-2-3-20(23)16-4-8-24-12-18(16)17/h2-4,8,12,15H,5-7,9-11,13H2,1H3. The molecule has 4 heterocycles. The summed E-state index contributed by atoms with van der Waals surface area (Å²) in [6, 6.07) is 5.25. The van der Waals surface area contributed by atoms with Crippen molar-refractivity contribution in [2.45, 2.75) is 38.8 Å². The van der Waals surface area contributed by atoms with Gasteiger partial charge in [-0.3, -0.25) is 14.5 Å². The summed E-state index contributed by atoms with van der Waals surface area (Å²) in [7, 11) is 0. The molecule has 29 heavy (non-hydrogen) atoms. The SMILES string of the molecule is CC(=O)N1CCc2c(c(-c3ccc(F)c4ccncc34)nn2C2CCOCC2)C1. The van der Waals surface area contributed by atoms with Crippen molar-refractivity contribution in [3.63, 3.8) is 0 Å². The van der Waals surface area contributed by atoms with E-state index in [1.165, 1.54) is 11.8 Å². The lowest BCUT2D eigenvalue weighted by molar-refractivity contribution is -0.129. The van der Waals surface area contributed by atoms with Crippen molar-refractivity contribution in [3.8, 4) is 11.3 Å². The van der Waals surface area contributed by atoms with Gasteiger partial charge in [-0.15, -0.1) is 0 Å². The van der Waals surface area contributed by atoms with Crippen LogP contribution < -0.4 is 0 Å². The summed E-state index contributed by atoms with van der Waals surface area (Å²) in [6.07, 6.45) is 5.92. The van der Waals surface area contributed by atoms with Crippen LogP contribution in [0.5, 0.6) is 0 Å². The predicted octanol–water partition coefficient (Wildman–Crippen LogP) is 3.49. The number of hydrogen-bond acceptors (Lipinski definition) is 4. The quantitative estimate of drug-likeness (QED) is 0.668. The van der Waals surface area contributed by atoms with Crippen LogP contribution in [0.2, 0.25) is 0 Å². The highest BCUT2D eigenvalue weighted by Crippen LogP contribution is 2.37. The van der Waals surface area contributed by atoms with E-state index in [1.807, 2.05) is 4.90 Å². The van der Waals surface area contributed by atoms with Crippen molar-refractivity contribution >= 4 is 16.7 Å². The smallest absolute Gasteiger partial charge is 0.219 e. The van der Waals surface area contributed by atoms with Gasteiger partial charge in [0, 0.05) is 79.6 Å². The van der Waals surface area contributed by atoms with Crippen molar-refractivity contribution in [2.75, 3.05) is 19.8 Å². The average Bonchev–Trinajstić information content (AvgIpc) is 3.13. The second-order valence-electron chi connectivity index (χ2n) is 7.77. The van der Waals surface area contributed by atoms with Crippen LogP contribution in [-0.4, -0.2) is 45.3 Å². The van der Waals surface area contributed by atoms with Crippen LogP contribution in [0, 0.1) is 5.82 Å². The molecule has 0 N–H and O–H groups in total. The molecule has 0 saturated carbocycles. The molecule has 7 heteroatoms. The van der Waals surface area contributed by atoms with E-state index in [0.717, 1.165) is 54.7 Å². The highest BCUT2D eigenvalue weighted by atomic mass is 19.1. The van der Waals surface area contributed by atoms with Gasteiger partial charge in [0.25, 0.3) is 0 Å². The lowest BCUT2D eigenvalue weighted by Gasteiger charge is -2.29. The summed E-state index contributed by atoms with van der Waals surface area (Å²) >= 11 is 0. The van der Waals surface area contributed by atoms with Gasteiger partial charge in [0.2, 0.25) is 5.91 Å². The van der Waals surface area contributed by atoms with Crippen molar-refractivity contribution in [3.05, 3.63) is 47.7 Å². The monoisotopic (exact) mass is 394 g/mol. The zero-order valence-corrected chi connectivity index (χ0v) is 16.4. The Morgan fingerprint density at radius 2 is 2.03 bits per heavy atom. The number of nitrogens with zero attached hydrogens (tertiary/aromatic N) is 4. The molecular weight excluding hydrogens is 371 g/mol. The second kappa shape index (κ2) is 7.22. The van der Waals surface area contributed by atoms with Gasteiger partial charge < -0.3 is 9.64 Å². The Labute approximate surface area is 168 Å². The molecule has 2 aliphatic heterocycles. The van der Waals surface area contributed by atoms with E-state index >= 15 is 0 Å². The summed E-state index contributed by atoms with van der Waals surface area (Å²) in [5, 5.41) is 6.31. The Balaban J connectivity index is 1.70. The Hall–Kier alpha value is -2.80. The van der Waals surface area contributed by atoms with E-state index < -0.39 is 0 Å². The maximum Gasteiger partial charge on any atom is 0.219 e. The molecule has 150 valence electrons. The minimum atomic E-state index is -0.269. The van der Waals surface area contributed by atoms with Crippen LogP contribution >= 0.6 is 0 Å². The van der Waals surface area contributed by atoms with Gasteiger partial charge >= 0.3 is 0 Å². The molecule has 0 unspecified atom stereocenters. The fourth-order valence-corrected chi connectivity index (χ4v) is 4.52. The first-order valence-electron chi connectivity index (χ1n) is 10.1. The molecular formula is C22H23FN4O2. The van der Waals surface area contributed by atoms with Crippen molar-refractivity contribution in [1.29, 1.82) is 0 Å². The molecule has 1 aromatic carbocycles. The van der Waals surface area contributed by atoms with Crippen LogP contribution in [0.15, 0.2) is 30.6 Å². The van der Waals surface area contributed by atoms with E-state index in [9.17, 15) is 9.18 Å². The minimum Gasteiger partial charge on any atom is -0.381 e. The third kappa shape index (κ3) is 3.09. The number of carbonyl (C=O) groups is 1. The third-order valence-electron chi connectivity index (χ3n) is 6.09. The van der Waals surface area contributed by atoms with Gasteiger partial charge in [0.05, 0.1) is 11.7 Å². The lowest BCUT2D eigenvalue weighted by atomic mass is 9.97. The fourth-order valence-electron chi connectivity index (χ4n) is 4.52. The first kappa shape index (κ1) is 18.2. The average molecular weight is 394 g/mol. The van der Waals surface area contributed by atoms with Gasteiger partial charge in [0.15, 0.2) is 0 Å². The molecule has 1 saturated heterocycles. The van der Waals surface area contributed by atoms with E-state index in [-0.39, 0.29) is 11.7 Å². The third-order valence-corrected chi connectivity index (χ3v) is 6.09. The maximum atomic E-state index is 14.4. The molecule has 1 fully saturated rings.